The summed E-state index contributed by atoms with van der Waals surface area (Å²) in [6, 6.07) is 2.78. The van der Waals surface area contributed by atoms with Crippen molar-refractivity contribution in [1.29, 1.82) is 0 Å². The van der Waals surface area contributed by atoms with Crippen molar-refractivity contribution in [3.05, 3.63) is 24.4 Å². The van der Waals surface area contributed by atoms with Crippen LogP contribution in [0.2, 0.25) is 0 Å². The zero-order valence-electron chi connectivity index (χ0n) is 16.9. The second-order valence-electron chi connectivity index (χ2n) is 8.65. The summed E-state index contributed by atoms with van der Waals surface area (Å²) in [4.78, 5) is 21.9. The number of anilines is 1. The monoisotopic (exact) mass is 399 g/mol. The third-order valence-electron chi connectivity index (χ3n) is 6.79. The average Bonchev–Trinajstić information content (AvgIpc) is 3.39. The Morgan fingerprint density at radius 3 is 3.00 bits per heavy atom. The lowest BCUT2D eigenvalue weighted by Gasteiger charge is -2.56. The summed E-state index contributed by atoms with van der Waals surface area (Å²) in [5, 5.41) is 11.5. The van der Waals surface area contributed by atoms with Crippen LogP contribution in [0, 0.1) is 18.8 Å². The van der Waals surface area contributed by atoms with Gasteiger partial charge in [-0.25, -0.2) is 0 Å². The van der Waals surface area contributed by atoms with E-state index in [1.807, 2.05) is 19.2 Å². The molecule has 2 aromatic heterocycles. The zero-order chi connectivity index (χ0) is 19.8. The van der Waals surface area contributed by atoms with E-state index in [9.17, 15) is 4.79 Å². The van der Waals surface area contributed by atoms with Gasteiger partial charge >= 0.3 is 0 Å². The molecule has 3 aliphatic heterocycles. The Balaban J connectivity index is 1.30. The van der Waals surface area contributed by atoms with E-state index in [1.54, 1.807) is 10.9 Å². The molecule has 0 unspecified atom stereocenters. The number of amides is 1. The van der Waals surface area contributed by atoms with Crippen LogP contribution >= 0.6 is 0 Å². The van der Waals surface area contributed by atoms with Crippen LogP contribution in [0.25, 0.3) is 0 Å². The number of carbonyl (C=O) groups excluding carboxylic acids is 1. The summed E-state index contributed by atoms with van der Waals surface area (Å²) < 4.78 is 6.89. The van der Waals surface area contributed by atoms with Crippen molar-refractivity contribution < 1.29 is 9.32 Å². The van der Waals surface area contributed by atoms with E-state index < -0.39 is 0 Å². The van der Waals surface area contributed by atoms with Crippen LogP contribution in [0.15, 0.2) is 23.0 Å². The van der Waals surface area contributed by atoms with Crippen molar-refractivity contribution in [2.24, 2.45) is 11.8 Å². The first-order chi connectivity index (χ1) is 14.2. The number of nitrogens with one attached hydrogen (secondary N) is 1. The molecule has 0 aromatic carbocycles. The van der Waals surface area contributed by atoms with Crippen molar-refractivity contribution in [2.45, 2.75) is 51.2 Å². The number of rotatable bonds is 5. The Kier molecular flexibility index (Phi) is 4.99. The Bertz CT molecular complexity index is 836. The van der Waals surface area contributed by atoms with Gasteiger partial charge in [0.05, 0.1) is 0 Å². The standard InChI is InChI=1S/C20H29N7O2/c1-14-23-20(24-29-14)25-11-15-9-16(12-25)18(27-8-3-2-5-17(15)27)10-21-19(28)13-26-7-4-6-22-26/h4,6-7,15-18H,2-3,5,8-13H2,1H3,(H,21,28)/t15-,16+,17+,18+/m1/s1. The van der Waals surface area contributed by atoms with Gasteiger partial charge < -0.3 is 14.7 Å². The predicted molar refractivity (Wildman–Crippen MR) is 106 cm³/mol. The third kappa shape index (κ3) is 3.75. The molecule has 9 heteroatoms. The average molecular weight is 399 g/mol. The van der Waals surface area contributed by atoms with Gasteiger partial charge in [0.15, 0.2) is 0 Å². The highest BCUT2D eigenvalue weighted by Gasteiger charge is 2.47. The molecule has 29 heavy (non-hydrogen) atoms. The van der Waals surface area contributed by atoms with Crippen LogP contribution in [0.1, 0.15) is 31.6 Å². The summed E-state index contributed by atoms with van der Waals surface area (Å²) in [6.07, 6.45) is 8.52. The van der Waals surface area contributed by atoms with Crippen LogP contribution in [-0.4, -0.2) is 69.0 Å². The van der Waals surface area contributed by atoms with E-state index in [0.717, 1.165) is 19.6 Å². The molecule has 2 aromatic rings. The fraction of sp³-hybridized carbons (Fsp3) is 0.700. The summed E-state index contributed by atoms with van der Waals surface area (Å²) in [7, 11) is 0. The van der Waals surface area contributed by atoms with E-state index >= 15 is 0 Å². The topological polar surface area (TPSA) is 92.3 Å². The van der Waals surface area contributed by atoms with Gasteiger partial charge in [-0.15, -0.1) is 0 Å². The van der Waals surface area contributed by atoms with Gasteiger partial charge in [0.2, 0.25) is 11.8 Å². The Labute approximate surface area is 170 Å². The zero-order valence-corrected chi connectivity index (χ0v) is 16.9. The molecular formula is C20H29N7O2. The molecule has 5 rings (SSSR count). The summed E-state index contributed by atoms with van der Waals surface area (Å²) in [6.45, 7) is 5.84. The van der Waals surface area contributed by atoms with E-state index in [-0.39, 0.29) is 12.5 Å². The number of nitrogens with zero attached hydrogens (tertiary/aromatic N) is 6. The summed E-state index contributed by atoms with van der Waals surface area (Å²) >= 11 is 0. The molecule has 3 fully saturated rings. The van der Waals surface area contributed by atoms with Crippen LogP contribution in [-0.2, 0) is 11.3 Å². The van der Waals surface area contributed by atoms with Crippen molar-refractivity contribution in [3.63, 3.8) is 0 Å². The molecule has 3 aliphatic rings. The SMILES string of the molecule is Cc1nc(N2C[C@H]3C[C@@H](C2)[C@H](CNC(=O)Cn2cccn2)N2CCCC[C@@H]32)no1. The predicted octanol–water partition coefficient (Wildman–Crippen LogP) is 1.07. The smallest absolute Gasteiger partial charge is 0.266 e. The fourth-order valence-electron chi connectivity index (χ4n) is 5.58. The van der Waals surface area contributed by atoms with Gasteiger partial charge in [0.25, 0.3) is 5.95 Å². The number of aryl methyl sites for hydroxylation is 1. The first-order valence-electron chi connectivity index (χ1n) is 10.7. The Morgan fingerprint density at radius 1 is 1.31 bits per heavy atom. The van der Waals surface area contributed by atoms with E-state index in [4.69, 9.17) is 4.52 Å². The highest BCUT2D eigenvalue weighted by atomic mass is 16.5. The molecule has 5 heterocycles. The molecule has 0 radical (unpaired) electrons. The van der Waals surface area contributed by atoms with Crippen molar-refractivity contribution in [3.8, 4) is 0 Å². The lowest BCUT2D eigenvalue weighted by molar-refractivity contribution is -0.122. The number of fused-ring (bicyclic) bond motifs is 4. The van der Waals surface area contributed by atoms with Gasteiger partial charge in [0.1, 0.15) is 6.54 Å². The summed E-state index contributed by atoms with van der Waals surface area (Å²) in [5.74, 6) is 2.46. The number of aromatic nitrogens is 4. The molecule has 1 amide bonds. The van der Waals surface area contributed by atoms with Gasteiger partial charge in [-0.3, -0.25) is 14.4 Å². The molecule has 0 aliphatic carbocycles. The molecule has 0 spiro atoms. The highest BCUT2D eigenvalue weighted by molar-refractivity contribution is 5.75. The van der Waals surface area contributed by atoms with Crippen LogP contribution in [0.5, 0.6) is 0 Å². The quantitative estimate of drug-likeness (QED) is 0.804. The maximum atomic E-state index is 12.4. The Morgan fingerprint density at radius 2 is 2.21 bits per heavy atom. The van der Waals surface area contributed by atoms with Gasteiger partial charge in [-0.1, -0.05) is 6.42 Å². The largest absolute Gasteiger partial charge is 0.353 e. The number of carbonyl (C=O) groups is 1. The number of piperidine rings is 3. The molecule has 156 valence electrons. The highest BCUT2D eigenvalue weighted by Crippen LogP contribution is 2.41. The van der Waals surface area contributed by atoms with Crippen molar-refractivity contribution >= 4 is 11.9 Å². The normalized spacial score (nSPS) is 29.5. The number of hydrogen-bond donors (Lipinski definition) is 1. The first-order valence-corrected chi connectivity index (χ1v) is 10.7. The van der Waals surface area contributed by atoms with Gasteiger partial charge in [-0.2, -0.15) is 10.1 Å². The Hall–Kier alpha value is -2.42. The van der Waals surface area contributed by atoms with E-state index in [2.05, 4.69) is 30.4 Å². The first kappa shape index (κ1) is 18.6. The van der Waals surface area contributed by atoms with E-state index in [0.29, 0.717) is 42.3 Å². The molecule has 1 N–H and O–H groups in total. The molecule has 4 atom stereocenters. The van der Waals surface area contributed by atoms with E-state index in [1.165, 1.54) is 25.7 Å². The minimum atomic E-state index is 0.0193. The summed E-state index contributed by atoms with van der Waals surface area (Å²) in [5.41, 5.74) is 0. The lowest BCUT2D eigenvalue weighted by Crippen LogP contribution is -2.66. The second kappa shape index (κ2) is 7.78. The van der Waals surface area contributed by atoms with Gasteiger partial charge in [-0.05, 0) is 48.9 Å². The fourth-order valence-corrected chi connectivity index (χ4v) is 5.58. The molecular weight excluding hydrogens is 370 g/mol. The van der Waals surface area contributed by atoms with Crippen LogP contribution in [0.4, 0.5) is 5.95 Å². The second-order valence-corrected chi connectivity index (χ2v) is 8.65. The van der Waals surface area contributed by atoms with Crippen LogP contribution in [0.3, 0.4) is 0 Å². The van der Waals surface area contributed by atoms with Gasteiger partial charge in [0, 0.05) is 51.0 Å². The van der Waals surface area contributed by atoms with Crippen molar-refractivity contribution in [1.82, 2.24) is 30.1 Å². The molecule has 2 bridgehead atoms. The number of hydrogen-bond acceptors (Lipinski definition) is 7. The molecule has 9 nitrogen and oxygen atoms in total. The van der Waals surface area contributed by atoms with Crippen LogP contribution < -0.4 is 10.2 Å². The maximum Gasteiger partial charge on any atom is 0.266 e. The lowest BCUT2D eigenvalue weighted by atomic mass is 9.72. The minimum absolute atomic E-state index is 0.0193. The van der Waals surface area contributed by atoms with Crippen molar-refractivity contribution in [2.75, 3.05) is 31.1 Å². The maximum absolute atomic E-state index is 12.4. The third-order valence-corrected chi connectivity index (χ3v) is 6.79. The molecule has 0 saturated carbocycles. The molecule has 3 saturated heterocycles. The minimum Gasteiger partial charge on any atom is -0.353 e.